The highest BCUT2D eigenvalue weighted by Crippen LogP contribution is 2.17. The molecule has 0 saturated carbocycles. The lowest BCUT2D eigenvalue weighted by Gasteiger charge is -2.05. The van der Waals surface area contributed by atoms with Gasteiger partial charge in [0.1, 0.15) is 4.90 Å². The van der Waals surface area contributed by atoms with E-state index < -0.39 is 21.7 Å². The van der Waals surface area contributed by atoms with Crippen molar-refractivity contribution in [3.05, 3.63) is 29.3 Å². The number of rotatable bonds is 6. The molecule has 0 aliphatic carbocycles. The molecule has 2 aromatic rings. The van der Waals surface area contributed by atoms with Crippen LogP contribution in [0.25, 0.3) is 0 Å². The van der Waals surface area contributed by atoms with Crippen LogP contribution < -0.4 is 4.72 Å². The Hall–Kier alpha value is -2.20. The molecule has 0 bridgehead atoms. The molecule has 0 atom stereocenters. The summed E-state index contributed by atoms with van der Waals surface area (Å²) in [4.78, 5) is 10.7. The van der Waals surface area contributed by atoms with E-state index in [4.69, 9.17) is 5.11 Å². The molecule has 10 heteroatoms. The number of aromatic carboxylic acids is 1. The summed E-state index contributed by atoms with van der Waals surface area (Å²) in [6, 6.07) is 1.78. The molecule has 0 spiro atoms. The molecule has 3 N–H and O–H groups in total. The number of carbonyl (C=O) groups is 1. The van der Waals surface area contributed by atoms with Crippen molar-refractivity contribution in [2.45, 2.75) is 18.2 Å². The molecule has 2 aromatic heterocycles. The Labute approximate surface area is 121 Å². The van der Waals surface area contributed by atoms with Crippen molar-refractivity contribution in [1.29, 1.82) is 0 Å². The molecule has 114 valence electrons. The maximum atomic E-state index is 12.2. The van der Waals surface area contributed by atoms with Gasteiger partial charge in [0.2, 0.25) is 10.0 Å². The molecule has 0 aromatic carbocycles. The third kappa shape index (κ3) is 3.28. The number of aryl methyl sites for hydroxylation is 2. The van der Waals surface area contributed by atoms with Crippen LogP contribution in [-0.2, 0) is 23.5 Å². The lowest BCUT2D eigenvalue weighted by Crippen LogP contribution is -2.27. The molecule has 0 radical (unpaired) electrons. The van der Waals surface area contributed by atoms with Crippen LogP contribution in [-0.4, -0.2) is 46.0 Å². The quantitative estimate of drug-likeness (QED) is 0.669. The highest BCUT2D eigenvalue weighted by atomic mass is 32.2. The molecule has 2 rings (SSSR count). The number of aromatic nitrogens is 4. The van der Waals surface area contributed by atoms with Crippen molar-refractivity contribution in [3.63, 3.8) is 0 Å². The maximum absolute atomic E-state index is 12.2. The van der Waals surface area contributed by atoms with E-state index in [-0.39, 0.29) is 17.1 Å². The van der Waals surface area contributed by atoms with Crippen molar-refractivity contribution in [2.24, 2.45) is 7.05 Å². The molecule has 21 heavy (non-hydrogen) atoms. The van der Waals surface area contributed by atoms with Crippen LogP contribution >= 0.6 is 0 Å². The third-order valence-corrected chi connectivity index (χ3v) is 4.43. The topological polar surface area (TPSA) is 130 Å². The number of carboxylic acids is 1. The highest BCUT2D eigenvalue weighted by Gasteiger charge is 2.27. The van der Waals surface area contributed by atoms with Gasteiger partial charge in [-0.05, 0) is 13.0 Å². The van der Waals surface area contributed by atoms with Crippen LogP contribution in [0.1, 0.15) is 21.9 Å². The second kappa shape index (κ2) is 5.66. The molecule has 0 aliphatic heterocycles. The SMILES string of the molecule is Cc1[nH]nc(C(=O)O)c1S(=O)(=O)NCCc1ccn(C)n1. The molecule has 0 saturated heterocycles. The van der Waals surface area contributed by atoms with Gasteiger partial charge in [-0.15, -0.1) is 0 Å². The van der Waals surface area contributed by atoms with Crippen LogP contribution in [0.4, 0.5) is 0 Å². The molecular formula is C11H15N5O4S. The van der Waals surface area contributed by atoms with Gasteiger partial charge in [0.25, 0.3) is 0 Å². The van der Waals surface area contributed by atoms with Crippen molar-refractivity contribution >= 4 is 16.0 Å². The largest absolute Gasteiger partial charge is 0.476 e. The zero-order valence-electron chi connectivity index (χ0n) is 11.5. The van der Waals surface area contributed by atoms with Gasteiger partial charge in [0.15, 0.2) is 5.69 Å². The Morgan fingerprint density at radius 3 is 2.81 bits per heavy atom. The fraction of sp³-hybridized carbons (Fsp3) is 0.364. The van der Waals surface area contributed by atoms with Crippen molar-refractivity contribution < 1.29 is 18.3 Å². The zero-order chi connectivity index (χ0) is 15.6. The Morgan fingerprint density at radius 1 is 1.52 bits per heavy atom. The summed E-state index contributed by atoms with van der Waals surface area (Å²) in [5.74, 6) is -1.40. The Bertz CT molecular complexity index is 761. The van der Waals surface area contributed by atoms with Crippen LogP contribution in [0, 0.1) is 6.92 Å². The van der Waals surface area contributed by atoms with Crippen molar-refractivity contribution in [2.75, 3.05) is 6.54 Å². The lowest BCUT2D eigenvalue weighted by atomic mass is 10.3. The van der Waals surface area contributed by atoms with Crippen molar-refractivity contribution in [3.8, 4) is 0 Å². The number of aromatic amines is 1. The van der Waals surface area contributed by atoms with Crippen LogP contribution in [0.5, 0.6) is 0 Å². The minimum Gasteiger partial charge on any atom is -0.476 e. The van der Waals surface area contributed by atoms with Crippen LogP contribution in [0.3, 0.4) is 0 Å². The van der Waals surface area contributed by atoms with Crippen LogP contribution in [0.15, 0.2) is 17.2 Å². The first-order chi connectivity index (χ1) is 9.81. The standard InChI is InChI=1S/C11H15N5O4S/c1-7-10(9(11(17)18)14-13-7)21(19,20)12-5-3-8-4-6-16(2)15-8/h4,6,12H,3,5H2,1-2H3,(H,13,14)(H,17,18). The first kappa shape index (κ1) is 15.2. The Morgan fingerprint density at radius 2 is 2.24 bits per heavy atom. The Kier molecular flexibility index (Phi) is 4.09. The maximum Gasteiger partial charge on any atom is 0.357 e. The van der Waals surface area contributed by atoms with Gasteiger partial charge in [-0.2, -0.15) is 10.2 Å². The molecule has 0 unspecified atom stereocenters. The van der Waals surface area contributed by atoms with Gasteiger partial charge in [-0.1, -0.05) is 0 Å². The van der Waals surface area contributed by atoms with Gasteiger partial charge in [0.05, 0.1) is 11.4 Å². The minimum atomic E-state index is -3.95. The van der Waals surface area contributed by atoms with E-state index in [9.17, 15) is 13.2 Å². The monoisotopic (exact) mass is 313 g/mol. The predicted octanol–water partition coefficient (Wildman–Crippen LogP) is -0.329. The van der Waals surface area contributed by atoms with E-state index in [1.54, 1.807) is 24.0 Å². The number of hydrogen-bond acceptors (Lipinski definition) is 5. The second-order valence-corrected chi connectivity index (χ2v) is 6.16. The number of carboxylic acid groups (broad SMARTS) is 1. The lowest BCUT2D eigenvalue weighted by molar-refractivity contribution is 0.0686. The summed E-state index contributed by atoms with van der Waals surface area (Å²) >= 11 is 0. The normalized spacial score (nSPS) is 11.7. The van der Waals surface area contributed by atoms with E-state index in [2.05, 4.69) is 20.0 Å². The molecule has 0 fully saturated rings. The average Bonchev–Trinajstić information content (AvgIpc) is 2.95. The Balaban J connectivity index is 2.12. The van der Waals surface area contributed by atoms with E-state index in [0.717, 1.165) is 5.69 Å². The average molecular weight is 313 g/mol. The fourth-order valence-electron chi connectivity index (χ4n) is 1.87. The second-order valence-electron chi connectivity index (χ2n) is 4.46. The van der Waals surface area contributed by atoms with Crippen LogP contribution in [0.2, 0.25) is 0 Å². The smallest absolute Gasteiger partial charge is 0.357 e. The van der Waals surface area contributed by atoms with E-state index in [1.165, 1.54) is 6.92 Å². The first-order valence-corrected chi connectivity index (χ1v) is 7.56. The van der Waals surface area contributed by atoms with Gasteiger partial charge in [-0.3, -0.25) is 9.78 Å². The van der Waals surface area contributed by atoms with E-state index in [1.807, 2.05) is 0 Å². The predicted molar refractivity (Wildman–Crippen MR) is 72.4 cm³/mol. The zero-order valence-corrected chi connectivity index (χ0v) is 12.3. The molecule has 0 aliphatic rings. The summed E-state index contributed by atoms with van der Waals surface area (Å²) in [5, 5.41) is 18.9. The van der Waals surface area contributed by atoms with E-state index >= 15 is 0 Å². The fourth-order valence-corrected chi connectivity index (χ4v) is 3.23. The first-order valence-electron chi connectivity index (χ1n) is 6.07. The van der Waals surface area contributed by atoms with E-state index in [0.29, 0.717) is 6.42 Å². The molecule has 2 heterocycles. The van der Waals surface area contributed by atoms with Gasteiger partial charge in [0, 0.05) is 26.2 Å². The third-order valence-electron chi connectivity index (χ3n) is 2.80. The number of H-pyrrole nitrogens is 1. The molecule has 0 amide bonds. The number of nitrogens with one attached hydrogen (secondary N) is 2. The number of sulfonamides is 1. The summed E-state index contributed by atoms with van der Waals surface area (Å²) in [6.07, 6.45) is 2.16. The van der Waals surface area contributed by atoms with Crippen molar-refractivity contribution in [1.82, 2.24) is 24.7 Å². The van der Waals surface area contributed by atoms with Gasteiger partial charge in [-0.25, -0.2) is 17.9 Å². The summed E-state index contributed by atoms with van der Waals surface area (Å²) in [7, 11) is -2.18. The molecular weight excluding hydrogens is 298 g/mol. The summed E-state index contributed by atoms with van der Waals surface area (Å²) in [5.41, 5.74) is 0.401. The number of hydrogen-bond donors (Lipinski definition) is 3. The highest BCUT2D eigenvalue weighted by molar-refractivity contribution is 7.89. The van der Waals surface area contributed by atoms with Gasteiger partial charge < -0.3 is 5.11 Å². The summed E-state index contributed by atoms with van der Waals surface area (Å²) in [6.45, 7) is 1.57. The minimum absolute atomic E-state index is 0.114. The molecule has 9 nitrogen and oxygen atoms in total. The number of nitrogens with zero attached hydrogens (tertiary/aromatic N) is 3. The summed E-state index contributed by atoms with van der Waals surface area (Å²) < 4.78 is 28.3. The van der Waals surface area contributed by atoms with Gasteiger partial charge >= 0.3 is 5.97 Å².